The van der Waals surface area contributed by atoms with Gasteiger partial charge in [-0.15, -0.1) is 0 Å². The van der Waals surface area contributed by atoms with Crippen LogP contribution in [0.3, 0.4) is 0 Å². The Labute approximate surface area is 123 Å². The molecular weight excluding hydrogens is 274 g/mol. The van der Waals surface area contributed by atoms with Crippen molar-refractivity contribution in [1.82, 2.24) is 9.78 Å². The van der Waals surface area contributed by atoms with Gasteiger partial charge in [0.2, 0.25) is 0 Å². The third-order valence-corrected chi connectivity index (χ3v) is 3.82. The fourth-order valence-corrected chi connectivity index (χ4v) is 2.72. The van der Waals surface area contributed by atoms with Crippen molar-refractivity contribution in [2.75, 3.05) is 19.0 Å². The molecular formula is C15H18ClN3O. The van der Waals surface area contributed by atoms with E-state index in [0.717, 1.165) is 35.2 Å². The first kappa shape index (κ1) is 13.5. The van der Waals surface area contributed by atoms with Gasteiger partial charge >= 0.3 is 0 Å². The summed E-state index contributed by atoms with van der Waals surface area (Å²) in [6.45, 7) is 1.53. The monoisotopic (exact) mass is 291 g/mol. The highest BCUT2D eigenvalue weighted by Gasteiger charge is 2.20. The quantitative estimate of drug-likeness (QED) is 0.942. The first-order chi connectivity index (χ1) is 9.79. The molecule has 0 aliphatic carbocycles. The minimum atomic E-state index is 0.546. The van der Waals surface area contributed by atoms with E-state index in [-0.39, 0.29) is 0 Å². The molecule has 1 aromatic heterocycles. The van der Waals surface area contributed by atoms with Crippen LogP contribution >= 0.6 is 11.6 Å². The van der Waals surface area contributed by atoms with Crippen LogP contribution in [0.25, 0.3) is 5.69 Å². The zero-order chi connectivity index (χ0) is 13.9. The summed E-state index contributed by atoms with van der Waals surface area (Å²) in [5.74, 6) is 1.09. The van der Waals surface area contributed by atoms with Crippen LogP contribution in [0.5, 0.6) is 0 Å². The predicted octanol–water partition coefficient (Wildman–Crippen LogP) is 3.42. The highest BCUT2D eigenvalue weighted by molar-refractivity contribution is 6.30. The minimum Gasteiger partial charge on any atom is -0.378 e. The molecule has 0 fully saturated rings. The molecule has 4 nitrogen and oxygen atoms in total. The standard InChI is InChI=1S/C15H18ClN3O/c1-20-10-14-13-4-2-3-9-17-15(13)19(18-14)12-7-5-11(16)6-8-12/h5-8,17H,2-4,9-10H2,1H3. The number of hydrogen-bond acceptors (Lipinski definition) is 3. The topological polar surface area (TPSA) is 39.1 Å². The average Bonchev–Trinajstić information content (AvgIpc) is 2.64. The molecule has 2 heterocycles. The van der Waals surface area contributed by atoms with Crippen molar-refractivity contribution in [3.63, 3.8) is 0 Å². The smallest absolute Gasteiger partial charge is 0.133 e. The van der Waals surface area contributed by atoms with E-state index in [1.807, 2.05) is 28.9 Å². The summed E-state index contributed by atoms with van der Waals surface area (Å²) in [4.78, 5) is 0. The second-order valence-electron chi connectivity index (χ2n) is 4.98. The highest BCUT2D eigenvalue weighted by atomic mass is 35.5. The van der Waals surface area contributed by atoms with Gasteiger partial charge in [-0.2, -0.15) is 5.10 Å². The lowest BCUT2D eigenvalue weighted by atomic mass is 10.1. The SMILES string of the molecule is COCc1nn(-c2ccc(Cl)cc2)c2c1CCCCN2. The molecule has 1 aliphatic rings. The summed E-state index contributed by atoms with van der Waals surface area (Å²) < 4.78 is 7.24. The van der Waals surface area contributed by atoms with Crippen LogP contribution < -0.4 is 5.32 Å². The molecule has 20 heavy (non-hydrogen) atoms. The number of ether oxygens (including phenoxy) is 1. The van der Waals surface area contributed by atoms with E-state index >= 15 is 0 Å². The summed E-state index contributed by atoms with van der Waals surface area (Å²) in [5.41, 5.74) is 3.31. The third kappa shape index (κ3) is 2.53. The molecule has 5 heteroatoms. The number of halogens is 1. The molecule has 106 valence electrons. The van der Waals surface area contributed by atoms with Gasteiger partial charge in [-0.1, -0.05) is 11.6 Å². The van der Waals surface area contributed by atoms with Gasteiger partial charge in [0.1, 0.15) is 5.82 Å². The molecule has 0 spiro atoms. The van der Waals surface area contributed by atoms with Crippen molar-refractivity contribution in [2.24, 2.45) is 0 Å². The van der Waals surface area contributed by atoms with Gasteiger partial charge < -0.3 is 10.1 Å². The third-order valence-electron chi connectivity index (χ3n) is 3.56. The molecule has 0 saturated carbocycles. The van der Waals surface area contributed by atoms with Crippen LogP contribution in [-0.4, -0.2) is 23.4 Å². The van der Waals surface area contributed by atoms with Gasteiger partial charge in [0.25, 0.3) is 0 Å². The Balaban J connectivity index is 2.07. The molecule has 1 aliphatic heterocycles. The van der Waals surface area contributed by atoms with Crippen LogP contribution in [0.1, 0.15) is 24.1 Å². The molecule has 0 amide bonds. The second-order valence-corrected chi connectivity index (χ2v) is 5.42. The minimum absolute atomic E-state index is 0.546. The van der Waals surface area contributed by atoms with E-state index < -0.39 is 0 Å². The van der Waals surface area contributed by atoms with Crippen molar-refractivity contribution < 1.29 is 4.74 Å². The van der Waals surface area contributed by atoms with Crippen LogP contribution in [-0.2, 0) is 17.8 Å². The highest BCUT2D eigenvalue weighted by Crippen LogP contribution is 2.28. The second kappa shape index (κ2) is 5.85. The number of aromatic nitrogens is 2. The van der Waals surface area contributed by atoms with Crippen LogP contribution in [0.2, 0.25) is 5.02 Å². The molecule has 3 rings (SSSR count). The maximum atomic E-state index is 5.96. The van der Waals surface area contributed by atoms with Crippen LogP contribution in [0, 0.1) is 0 Å². The van der Waals surface area contributed by atoms with Gasteiger partial charge in [0.05, 0.1) is 18.0 Å². The number of hydrogen-bond donors (Lipinski definition) is 1. The van der Waals surface area contributed by atoms with E-state index in [1.54, 1.807) is 7.11 Å². The normalized spacial score (nSPS) is 14.5. The van der Waals surface area contributed by atoms with Crippen molar-refractivity contribution in [3.05, 3.63) is 40.5 Å². The number of benzene rings is 1. The summed E-state index contributed by atoms with van der Waals surface area (Å²) in [5, 5.41) is 8.94. The van der Waals surface area contributed by atoms with Crippen LogP contribution in [0.15, 0.2) is 24.3 Å². The summed E-state index contributed by atoms with van der Waals surface area (Å²) >= 11 is 5.96. The maximum absolute atomic E-state index is 5.96. The number of nitrogens with zero attached hydrogens (tertiary/aromatic N) is 2. The van der Waals surface area contributed by atoms with Gasteiger partial charge in [0.15, 0.2) is 0 Å². The lowest BCUT2D eigenvalue weighted by molar-refractivity contribution is 0.180. The first-order valence-electron chi connectivity index (χ1n) is 6.89. The largest absolute Gasteiger partial charge is 0.378 e. The Kier molecular flexibility index (Phi) is 3.94. The number of anilines is 1. The first-order valence-corrected chi connectivity index (χ1v) is 7.27. The Morgan fingerprint density at radius 2 is 2.10 bits per heavy atom. The van der Waals surface area contributed by atoms with Crippen molar-refractivity contribution in [3.8, 4) is 5.69 Å². The summed E-state index contributed by atoms with van der Waals surface area (Å²) in [6, 6.07) is 7.74. The number of rotatable bonds is 3. The van der Waals surface area contributed by atoms with Gasteiger partial charge in [0, 0.05) is 24.2 Å². The van der Waals surface area contributed by atoms with Crippen LogP contribution in [0.4, 0.5) is 5.82 Å². The molecule has 1 aromatic carbocycles. The maximum Gasteiger partial charge on any atom is 0.133 e. The Morgan fingerprint density at radius 1 is 1.30 bits per heavy atom. The lowest BCUT2D eigenvalue weighted by Gasteiger charge is -2.09. The fourth-order valence-electron chi connectivity index (χ4n) is 2.60. The molecule has 0 saturated heterocycles. The zero-order valence-corrected chi connectivity index (χ0v) is 12.3. The van der Waals surface area contributed by atoms with E-state index in [9.17, 15) is 0 Å². The van der Waals surface area contributed by atoms with E-state index in [1.165, 1.54) is 18.4 Å². The fraction of sp³-hybridized carbons (Fsp3) is 0.400. The van der Waals surface area contributed by atoms with Gasteiger partial charge in [-0.3, -0.25) is 0 Å². The van der Waals surface area contributed by atoms with Crippen molar-refractivity contribution in [2.45, 2.75) is 25.9 Å². The molecule has 0 atom stereocenters. The van der Waals surface area contributed by atoms with Crippen molar-refractivity contribution >= 4 is 17.4 Å². The number of fused-ring (bicyclic) bond motifs is 1. The van der Waals surface area contributed by atoms with Gasteiger partial charge in [-0.05, 0) is 43.5 Å². The predicted molar refractivity (Wildman–Crippen MR) is 80.7 cm³/mol. The molecule has 0 radical (unpaired) electrons. The summed E-state index contributed by atoms with van der Waals surface area (Å²) in [6.07, 6.45) is 3.42. The summed E-state index contributed by atoms with van der Waals surface area (Å²) in [7, 11) is 1.71. The Bertz CT molecular complexity index is 592. The average molecular weight is 292 g/mol. The van der Waals surface area contributed by atoms with E-state index in [0.29, 0.717) is 6.61 Å². The Morgan fingerprint density at radius 3 is 2.85 bits per heavy atom. The number of nitrogens with one attached hydrogen (secondary N) is 1. The van der Waals surface area contributed by atoms with Gasteiger partial charge in [-0.25, -0.2) is 4.68 Å². The van der Waals surface area contributed by atoms with E-state index in [2.05, 4.69) is 5.32 Å². The Hall–Kier alpha value is -1.52. The molecule has 0 bridgehead atoms. The molecule has 2 aromatic rings. The zero-order valence-electron chi connectivity index (χ0n) is 11.5. The lowest BCUT2D eigenvalue weighted by Crippen LogP contribution is -2.07. The number of methoxy groups -OCH3 is 1. The molecule has 1 N–H and O–H groups in total. The van der Waals surface area contributed by atoms with Crippen molar-refractivity contribution in [1.29, 1.82) is 0 Å². The van der Waals surface area contributed by atoms with E-state index in [4.69, 9.17) is 21.4 Å². The molecule has 0 unspecified atom stereocenters.